The van der Waals surface area contributed by atoms with E-state index in [-0.39, 0.29) is 24.0 Å². The highest BCUT2D eigenvalue weighted by atomic mass is 16.3. The third kappa shape index (κ3) is 2.51. The summed E-state index contributed by atoms with van der Waals surface area (Å²) < 4.78 is 0. The third-order valence-corrected chi connectivity index (χ3v) is 4.59. The SMILES string of the molecule is CC(C)C(O)C1(CC(=O)c2ccccn2)C(=O)Nc2ccccc21. The molecule has 3 rings (SSSR count). The lowest BCUT2D eigenvalue weighted by atomic mass is 9.69. The van der Waals surface area contributed by atoms with Crippen molar-refractivity contribution in [1.82, 2.24) is 4.98 Å². The molecule has 2 unspecified atom stereocenters. The number of Topliss-reactive ketones (excluding diaryl/α,β-unsaturated/α-hetero) is 1. The summed E-state index contributed by atoms with van der Waals surface area (Å²) in [5.41, 5.74) is 0.320. The smallest absolute Gasteiger partial charge is 0.238 e. The van der Waals surface area contributed by atoms with Gasteiger partial charge in [-0.05, 0) is 29.7 Å². The lowest BCUT2D eigenvalue weighted by molar-refractivity contribution is -0.126. The largest absolute Gasteiger partial charge is 0.391 e. The molecular weight excluding hydrogens is 304 g/mol. The monoisotopic (exact) mass is 324 g/mol. The van der Waals surface area contributed by atoms with Crippen LogP contribution in [0.4, 0.5) is 5.69 Å². The molecule has 2 aromatic rings. The number of benzene rings is 1. The van der Waals surface area contributed by atoms with Crippen LogP contribution in [0.5, 0.6) is 0 Å². The van der Waals surface area contributed by atoms with Crippen molar-refractivity contribution in [2.75, 3.05) is 5.32 Å². The van der Waals surface area contributed by atoms with E-state index in [2.05, 4.69) is 10.3 Å². The average Bonchev–Trinajstić information content (AvgIpc) is 2.87. The summed E-state index contributed by atoms with van der Waals surface area (Å²) in [6.45, 7) is 3.68. The number of ketones is 1. The summed E-state index contributed by atoms with van der Waals surface area (Å²) in [7, 11) is 0. The number of aromatic nitrogens is 1. The lowest BCUT2D eigenvalue weighted by Gasteiger charge is -2.34. The number of aliphatic hydroxyl groups is 1. The van der Waals surface area contributed by atoms with Crippen LogP contribution in [0.25, 0.3) is 0 Å². The van der Waals surface area contributed by atoms with Crippen molar-refractivity contribution in [3.63, 3.8) is 0 Å². The minimum Gasteiger partial charge on any atom is -0.391 e. The topological polar surface area (TPSA) is 79.3 Å². The van der Waals surface area contributed by atoms with Gasteiger partial charge in [-0.25, -0.2) is 0 Å². The van der Waals surface area contributed by atoms with Crippen molar-refractivity contribution in [2.45, 2.75) is 31.8 Å². The summed E-state index contributed by atoms with van der Waals surface area (Å²) in [6.07, 6.45) is 0.446. The fourth-order valence-corrected chi connectivity index (χ4v) is 3.35. The number of amides is 1. The van der Waals surface area contributed by atoms with E-state index in [1.54, 1.807) is 36.5 Å². The second kappa shape index (κ2) is 6.17. The number of carbonyl (C=O) groups is 2. The van der Waals surface area contributed by atoms with Gasteiger partial charge in [0.1, 0.15) is 11.1 Å². The molecule has 1 aliphatic rings. The van der Waals surface area contributed by atoms with Gasteiger partial charge < -0.3 is 10.4 Å². The molecule has 1 aliphatic heterocycles. The Kier molecular flexibility index (Phi) is 4.20. The predicted octanol–water partition coefficient (Wildman–Crippen LogP) is 2.56. The van der Waals surface area contributed by atoms with Crippen LogP contribution in [0.3, 0.4) is 0 Å². The molecule has 2 N–H and O–H groups in total. The Morgan fingerprint density at radius 1 is 1.21 bits per heavy atom. The Balaban J connectivity index is 2.08. The number of aliphatic hydroxyl groups excluding tert-OH is 1. The molecule has 2 atom stereocenters. The molecule has 24 heavy (non-hydrogen) atoms. The van der Waals surface area contributed by atoms with Crippen LogP contribution < -0.4 is 5.32 Å². The minimum absolute atomic E-state index is 0.119. The van der Waals surface area contributed by atoms with E-state index < -0.39 is 11.5 Å². The maximum atomic E-state index is 12.8. The molecule has 1 amide bonds. The average molecular weight is 324 g/mol. The van der Waals surface area contributed by atoms with Crippen molar-refractivity contribution in [3.05, 3.63) is 59.9 Å². The maximum Gasteiger partial charge on any atom is 0.238 e. The molecule has 0 spiro atoms. The molecule has 0 bridgehead atoms. The highest BCUT2D eigenvalue weighted by Crippen LogP contribution is 2.45. The van der Waals surface area contributed by atoms with Crippen molar-refractivity contribution < 1.29 is 14.7 Å². The van der Waals surface area contributed by atoms with Crippen molar-refractivity contribution in [3.8, 4) is 0 Å². The number of anilines is 1. The van der Waals surface area contributed by atoms with Crippen molar-refractivity contribution in [1.29, 1.82) is 0 Å². The van der Waals surface area contributed by atoms with Crippen LogP contribution in [0.15, 0.2) is 48.7 Å². The Labute approximate surface area is 140 Å². The van der Waals surface area contributed by atoms with Gasteiger partial charge in [0.15, 0.2) is 5.78 Å². The van der Waals surface area contributed by atoms with Crippen LogP contribution >= 0.6 is 0 Å². The summed E-state index contributed by atoms with van der Waals surface area (Å²) >= 11 is 0. The Morgan fingerprint density at radius 3 is 2.58 bits per heavy atom. The molecule has 0 radical (unpaired) electrons. The predicted molar refractivity (Wildman–Crippen MR) is 90.8 cm³/mol. The zero-order valence-corrected chi connectivity index (χ0v) is 13.7. The van der Waals surface area contributed by atoms with Gasteiger partial charge in [0.25, 0.3) is 0 Å². The molecule has 5 heteroatoms. The summed E-state index contributed by atoms with van der Waals surface area (Å²) in [4.78, 5) is 29.6. The molecule has 0 saturated carbocycles. The maximum absolute atomic E-state index is 12.8. The molecule has 2 heterocycles. The first kappa shape index (κ1) is 16.3. The number of rotatable bonds is 5. The second-order valence-electron chi connectivity index (χ2n) is 6.47. The van der Waals surface area contributed by atoms with Gasteiger partial charge in [0.2, 0.25) is 5.91 Å². The first-order chi connectivity index (χ1) is 11.5. The fraction of sp³-hybridized carbons (Fsp3) is 0.316. The molecule has 124 valence electrons. The quantitative estimate of drug-likeness (QED) is 0.829. The van der Waals surface area contributed by atoms with Gasteiger partial charge in [0.05, 0.1) is 6.10 Å². The lowest BCUT2D eigenvalue weighted by Crippen LogP contribution is -2.49. The van der Waals surface area contributed by atoms with Gasteiger partial charge in [-0.1, -0.05) is 38.1 Å². The summed E-state index contributed by atoms with van der Waals surface area (Å²) in [5.74, 6) is -0.783. The van der Waals surface area contributed by atoms with Crippen LogP contribution in [-0.2, 0) is 10.2 Å². The number of fused-ring (bicyclic) bond motifs is 1. The van der Waals surface area contributed by atoms with Crippen LogP contribution in [0, 0.1) is 5.92 Å². The number of para-hydroxylation sites is 1. The van der Waals surface area contributed by atoms with E-state index in [4.69, 9.17) is 0 Å². The van der Waals surface area contributed by atoms with E-state index in [9.17, 15) is 14.7 Å². The number of pyridine rings is 1. The molecule has 0 aliphatic carbocycles. The number of nitrogens with one attached hydrogen (secondary N) is 1. The molecule has 1 aromatic heterocycles. The zero-order valence-electron chi connectivity index (χ0n) is 13.7. The van der Waals surface area contributed by atoms with E-state index in [1.807, 2.05) is 26.0 Å². The molecule has 1 aromatic carbocycles. The fourth-order valence-electron chi connectivity index (χ4n) is 3.35. The highest BCUT2D eigenvalue weighted by Gasteiger charge is 2.54. The molecule has 0 fully saturated rings. The Hall–Kier alpha value is -2.53. The Bertz CT molecular complexity index is 773. The van der Waals surface area contributed by atoms with Crippen LogP contribution in [0.2, 0.25) is 0 Å². The highest BCUT2D eigenvalue weighted by molar-refractivity contribution is 6.10. The zero-order chi connectivity index (χ0) is 17.3. The first-order valence-corrected chi connectivity index (χ1v) is 8.00. The third-order valence-electron chi connectivity index (χ3n) is 4.59. The van der Waals surface area contributed by atoms with Gasteiger partial charge in [-0.3, -0.25) is 14.6 Å². The number of carbonyl (C=O) groups excluding carboxylic acids is 2. The molecule has 0 saturated heterocycles. The van der Waals surface area contributed by atoms with Gasteiger partial charge >= 0.3 is 0 Å². The normalized spacial score (nSPS) is 20.6. The standard InChI is InChI=1S/C19H20N2O3/c1-12(2)17(23)19(11-16(22)15-9-5-6-10-20-15)13-7-3-4-8-14(13)21-18(19)24/h3-10,12,17,23H,11H2,1-2H3,(H,21,24). The van der Waals surface area contributed by atoms with Gasteiger partial charge in [-0.2, -0.15) is 0 Å². The first-order valence-electron chi connectivity index (χ1n) is 8.00. The minimum atomic E-state index is -1.29. The second-order valence-corrected chi connectivity index (χ2v) is 6.47. The van der Waals surface area contributed by atoms with Crippen molar-refractivity contribution >= 4 is 17.4 Å². The number of nitrogens with zero attached hydrogens (tertiary/aromatic N) is 1. The van der Waals surface area contributed by atoms with E-state index >= 15 is 0 Å². The summed E-state index contributed by atoms with van der Waals surface area (Å²) in [6, 6.07) is 12.3. The number of hydrogen-bond donors (Lipinski definition) is 2. The van der Waals surface area contributed by atoms with Crippen LogP contribution in [-0.4, -0.2) is 27.9 Å². The molecule has 5 nitrogen and oxygen atoms in total. The van der Waals surface area contributed by atoms with E-state index in [0.717, 1.165) is 0 Å². The Morgan fingerprint density at radius 2 is 1.92 bits per heavy atom. The molecular formula is C19H20N2O3. The van der Waals surface area contributed by atoms with Crippen molar-refractivity contribution in [2.24, 2.45) is 5.92 Å². The van der Waals surface area contributed by atoms with Gasteiger partial charge in [-0.15, -0.1) is 0 Å². The number of hydrogen-bond acceptors (Lipinski definition) is 4. The summed E-state index contributed by atoms with van der Waals surface area (Å²) in [5, 5.41) is 13.7. The van der Waals surface area contributed by atoms with E-state index in [1.165, 1.54) is 0 Å². The van der Waals surface area contributed by atoms with Gasteiger partial charge in [0, 0.05) is 18.3 Å². The van der Waals surface area contributed by atoms with Crippen LogP contribution in [0.1, 0.15) is 36.3 Å². The van der Waals surface area contributed by atoms with E-state index in [0.29, 0.717) is 16.9 Å².